The molecule has 0 amide bonds. The van der Waals surface area contributed by atoms with Crippen LogP contribution in [0.1, 0.15) is 12.8 Å². The van der Waals surface area contributed by atoms with E-state index >= 15 is 0 Å². The third kappa shape index (κ3) is 1.50. The van der Waals surface area contributed by atoms with Crippen LogP contribution in [0, 0.1) is 5.92 Å². The van der Waals surface area contributed by atoms with E-state index in [9.17, 15) is 0 Å². The van der Waals surface area contributed by atoms with Gasteiger partial charge >= 0.3 is 0 Å². The van der Waals surface area contributed by atoms with Crippen molar-refractivity contribution in [1.29, 1.82) is 0 Å². The van der Waals surface area contributed by atoms with Crippen LogP contribution >= 0.6 is 11.3 Å². The van der Waals surface area contributed by atoms with Crippen molar-refractivity contribution in [3.05, 3.63) is 29.6 Å². The summed E-state index contributed by atoms with van der Waals surface area (Å²) in [6.07, 6.45) is 2.82. The lowest BCUT2D eigenvalue weighted by Crippen LogP contribution is -2.02. The molecule has 72 valence electrons. The maximum atomic E-state index is 3.55. The highest BCUT2D eigenvalue weighted by molar-refractivity contribution is 7.17. The largest absolute Gasteiger partial charge is 0.384 e. The molecule has 0 bridgehead atoms. The van der Waals surface area contributed by atoms with Gasteiger partial charge in [-0.1, -0.05) is 12.1 Å². The van der Waals surface area contributed by atoms with E-state index in [0.29, 0.717) is 0 Å². The van der Waals surface area contributed by atoms with Crippen LogP contribution in [-0.4, -0.2) is 6.54 Å². The summed E-state index contributed by atoms with van der Waals surface area (Å²) < 4.78 is 1.40. The first-order valence-corrected chi connectivity index (χ1v) is 6.01. The first-order valence-electron chi connectivity index (χ1n) is 5.13. The molecule has 0 spiro atoms. The van der Waals surface area contributed by atoms with Crippen molar-refractivity contribution in [2.45, 2.75) is 12.8 Å². The first-order chi connectivity index (χ1) is 6.93. The van der Waals surface area contributed by atoms with Crippen molar-refractivity contribution in [2.24, 2.45) is 5.92 Å². The minimum absolute atomic E-state index is 0.935. The number of benzene rings is 1. The van der Waals surface area contributed by atoms with Crippen molar-refractivity contribution in [3.8, 4) is 0 Å². The molecule has 2 aromatic rings. The molecule has 0 saturated heterocycles. The molecule has 0 aliphatic heterocycles. The quantitative estimate of drug-likeness (QED) is 0.801. The summed E-state index contributed by atoms with van der Waals surface area (Å²) >= 11 is 1.82. The van der Waals surface area contributed by atoms with Crippen molar-refractivity contribution in [3.63, 3.8) is 0 Å². The van der Waals surface area contributed by atoms with Crippen LogP contribution in [0.25, 0.3) is 10.1 Å². The highest BCUT2D eigenvalue weighted by Gasteiger charge is 2.20. The second-order valence-electron chi connectivity index (χ2n) is 3.97. The van der Waals surface area contributed by atoms with Gasteiger partial charge in [0.25, 0.3) is 0 Å². The maximum Gasteiger partial charge on any atom is 0.0574 e. The normalized spacial score (nSPS) is 16.0. The van der Waals surface area contributed by atoms with Crippen molar-refractivity contribution < 1.29 is 0 Å². The maximum absolute atomic E-state index is 3.55. The van der Waals surface area contributed by atoms with Crippen LogP contribution in [-0.2, 0) is 0 Å². The number of hydrogen-bond donors (Lipinski definition) is 1. The Morgan fingerprint density at radius 1 is 1.29 bits per heavy atom. The van der Waals surface area contributed by atoms with E-state index in [1.165, 1.54) is 28.6 Å². The van der Waals surface area contributed by atoms with Gasteiger partial charge in [-0.05, 0) is 41.7 Å². The summed E-state index contributed by atoms with van der Waals surface area (Å²) in [6, 6.07) is 8.67. The Bertz CT molecular complexity index is 442. The number of anilines is 1. The average Bonchev–Trinajstić information content (AvgIpc) is 2.91. The lowest BCUT2D eigenvalue weighted by atomic mass is 10.2. The molecular formula is C12H13NS. The van der Waals surface area contributed by atoms with E-state index in [-0.39, 0.29) is 0 Å². The molecule has 1 N–H and O–H groups in total. The van der Waals surface area contributed by atoms with Crippen LogP contribution in [0.2, 0.25) is 0 Å². The third-order valence-electron chi connectivity index (χ3n) is 2.76. The lowest BCUT2D eigenvalue weighted by molar-refractivity contribution is 0.891. The SMILES string of the molecule is c1cc(NCC2CC2)c2sccc2c1. The molecule has 0 unspecified atom stereocenters. The molecule has 1 aromatic carbocycles. The molecule has 1 nitrogen and oxygen atoms in total. The Hall–Kier alpha value is -1.02. The lowest BCUT2D eigenvalue weighted by Gasteiger charge is -2.05. The van der Waals surface area contributed by atoms with Crippen LogP contribution < -0.4 is 5.32 Å². The van der Waals surface area contributed by atoms with Gasteiger partial charge in [0.15, 0.2) is 0 Å². The Kier molecular flexibility index (Phi) is 1.95. The molecular weight excluding hydrogens is 190 g/mol. The van der Waals surface area contributed by atoms with Crippen LogP contribution in [0.4, 0.5) is 5.69 Å². The summed E-state index contributed by atoms with van der Waals surface area (Å²) in [4.78, 5) is 0. The molecule has 2 heteroatoms. The van der Waals surface area contributed by atoms with Gasteiger partial charge < -0.3 is 5.32 Å². The average molecular weight is 203 g/mol. The minimum atomic E-state index is 0.935. The highest BCUT2D eigenvalue weighted by Crippen LogP contribution is 2.32. The summed E-state index contributed by atoms with van der Waals surface area (Å²) in [5.74, 6) is 0.935. The van der Waals surface area contributed by atoms with E-state index in [4.69, 9.17) is 0 Å². The Morgan fingerprint density at radius 2 is 2.21 bits per heavy atom. The molecule has 1 saturated carbocycles. The van der Waals surface area contributed by atoms with E-state index < -0.39 is 0 Å². The monoisotopic (exact) mass is 203 g/mol. The fraction of sp³-hybridized carbons (Fsp3) is 0.333. The fourth-order valence-corrected chi connectivity index (χ4v) is 2.60. The first kappa shape index (κ1) is 8.30. The minimum Gasteiger partial charge on any atom is -0.384 e. The Labute approximate surface area is 87.8 Å². The zero-order valence-corrected chi connectivity index (χ0v) is 8.81. The number of hydrogen-bond acceptors (Lipinski definition) is 2. The van der Waals surface area contributed by atoms with Gasteiger partial charge in [-0.2, -0.15) is 0 Å². The third-order valence-corrected chi connectivity index (χ3v) is 3.72. The summed E-state index contributed by atoms with van der Waals surface area (Å²) in [5, 5.41) is 7.06. The molecule has 3 rings (SSSR count). The second-order valence-corrected chi connectivity index (χ2v) is 4.88. The van der Waals surface area contributed by atoms with Crippen LogP contribution in [0.3, 0.4) is 0 Å². The van der Waals surface area contributed by atoms with E-state index in [1.54, 1.807) is 0 Å². The fourth-order valence-electron chi connectivity index (χ4n) is 1.71. The standard InChI is InChI=1S/C12H13NS/c1-2-10-6-7-14-12(10)11(3-1)13-8-9-4-5-9/h1-3,6-7,9,13H,4-5,8H2. The number of nitrogens with one attached hydrogen (secondary N) is 1. The molecule has 1 aromatic heterocycles. The van der Waals surface area contributed by atoms with Gasteiger partial charge in [-0.25, -0.2) is 0 Å². The number of rotatable bonds is 3. The van der Waals surface area contributed by atoms with Gasteiger partial charge in [-0.3, -0.25) is 0 Å². The number of thiophene rings is 1. The zero-order chi connectivity index (χ0) is 9.38. The summed E-state index contributed by atoms with van der Waals surface area (Å²) in [6.45, 7) is 1.15. The zero-order valence-electron chi connectivity index (χ0n) is 7.99. The Morgan fingerprint density at radius 3 is 3.07 bits per heavy atom. The van der Waals surface area contributed by atoms with Gasteiger partial charge in [0.2, 0.25) is 0 Å². The van der Waals surface area contributed by atoms with Gasteiger partial charge in [-0.15, -0.1) is 11.3 Å². The Balaban J connectivity index is 1.89. The van der Waals surface area contributed by atoms with E-state index in [1.807, 2.05) is 11.3 Å². The summed E-state index contributed by atoms with van der Waals surface area (Å²) in [5.41, 5.74) is 1.31. The van der Waals surface area contributed by atoms with Gasteiger partial charge in [0.1, 0.15) is 0 Å². The van der Waals surface area contributed by atoms with Gasteiger partial charge in [0, 0.05) is 6.54 Å². The molecule has 0 atom stereocenters. The smallest absolute Gasteiger partial charge is 0.0574 e. The predicted molar refractivity (Wildman–Crippen MR) is 63.0 cm³/mol. The molecule has 0 radical (unpaired) electrons. The predicted octanol–water partition coefficient (Wildman–Crippen LogP) is 3.72. The van der Waals surface area contributed by atoms with E-state index in [2.05, 4.69) is 35.0 Å². The molecule has 1 aliphatic carbocycles. The molecule has 1 fully saturated rings. The van der Waals surface area contributed by atoms with Crippen LogP contribution in [0.15, 0.2) is 29.6 Å². The number of fused-ring (bicyclic) bond motifs is 1. The molecule has 1 aliphatic rings. The second kappa shape index (κ2) is 3.28. The van der Waals surface area contributed by atoms with Crippen molar-refractivity contribution in [1.82, 2.24) is 0 Å². The van der Waals surface area contributed by atoms with E-state index in [0.717, 1.165) is 12.5 Å². The highest BCUT2D eigenvalue weighted by atomic mass is 32.1. The molecule has 1 heterocycles. The van der Waals surface area contributed by atoms with Crippen LogP contribution in [0.5, 0.6) is 0 Å². The van der Waals surface area contributed by atoms with Crippen molar-refractivity contribution >= 4 is 27.1 Å². The molecule has 14 heavy (non-hydrogen) atoms. The summed E-state index contributed by atoms with van der Waals surface area (Å²) in [7, 11) is 0. The topological polar surface area (TPSA) is 12.0 Å². The van der Waals surface area contributed by atoms with Gasteiger partial charge in [0.05, 0.1) is 10.4 Å². The van der Waals surface area contributed by atoms with Crippen molar-refractivity contribution in [2.75, 3.05) is 11.9 Å².